The van der Waals surface area contributed by atoms with Crippen molar-refractivity contribution in [2.45, 2.75) is 13.0 Å². The van der Waals surface area contributed by atoms with E-state index in [1.54, 1.807) is 24.3 Å². The fraction of sp³-hybridized carbons (Fsp3) is 0.200. The van der Waals surface area contributed by atoms with E-state index in [-0.39, 0.29) is 35.3 Å². The first-order valence-electron chi connectivity index (χ1n) is 8.87. The van der Waals surface area contributed by atoms with Crippen molar-refractivity contribution < 1.29 is 23.9 Å². The molecule has 0 bridgehead atoms. The molecule has 1 heterocycles. The normalized spacial score (nSPS) is 10.5. The van der Waals surface area contributed by atoms with Crippen LogP contribution in [-0.4, -0.2) is 47.1 Å². The summed E-state index contributed by atoms with van der Waals surface area (Å²) in [7, 11) is 2.42. The Morgan fingerprint density at radius 3 is 2.50 bits per heavy atom. The molecule has 0 atom stereocenters. The summed E-state index contributed by atoms with van der Waals surface area (Å²) in [6, 6.07) is 10.8. The molecule has 1 aromatic heterocycles. The highest BCUT2D eigenvalue weighted by molar-refractivity contribution is 6.03. The van der Waals surface area contributed by atoms with E-state index in [1.807, 2.05) is 0 Å². The number of carbonyl (C=O) groups is 3. The van der Waals surface area contributed by atoms with E-state index in [0.29, 0.717) is 10.9 Å². The zero-order valence-electron chi connectivity index (χ0n) is 16.2. The molecule has 0 aliphatic rings. The number of carbonyl (C=O) groups excluding carboxylic acids is 3. The molecule has 3 aromatic rings. The molecule has 3 rings (SSSR count). The van der Waals surface area contributed by atoms with E-state index in [2.05, 4.69) is 20.4 Å². The van der Waals surface area contributed by atoms with Gasteiger partial charge in [-0.1, -0.05) is 17.3 Å². The monoisotopic (exact) mass is 410 g/mol. The molecule has 0 saturated carbocycles. The van der Waals surface area contributed by atoms with Gasteiger partial charge in [0.05, 0.1) is 43.0 Å². The first-order valence-corrected chi connectivity index (χ1v) is 8.87. The predicted octanol–water partition coefficient (Wildman–Crippen LogP) is 1.39. The molecule has 1 amide bonds. The summed E-state index contributed by atoms with van der Waals surface area (Å²) < 4.78 is 10.4. The second-order valence-electron chi connectivity index (χ2n) is 6.18. The van der Waals surface area contributed by atoms with Crippen LogP contribution >= 0.6 is 0 Å². The van der Waals surface area contributed by atoms with Crippen molar-refractivity contribution in [2.24, 2.45) is 0 Å². The Hall–Kier alpha value is -4.08. The van der Waals surface area contributed by atoms with Crippen LogP contribution in [0, 0.1) is 0 Å². The van der Waals surface area contributed by atoms with Gasteiger partial charge >= 0.3 is 11.9 Å². The zero-order valence-corrected chi connectivity index (χ0v) is 16.2. The number of esters is 2. The lowest BCUT2D eigenvalue weighted by Gasteiger charge is -2.11. The Kier molecular flexibility index (Phi) is 6.16. The van der Waals surface area contributed by atoms with Crippen molar-refractivity contribution in [1.29, 1.82) is 0 Å². The van der Waals surface area contributed by atoms with Gasteiger partial charge in [0.25, 0.3) is 5.56 Å². The molecule has 30 heavy (non-hydrogen) atoms. The summed E-state index contributed by atoms with van der Waals surface area (Å²) in [5, 5.41) is 10.7. The van der Waals surface area contributed by atoms with Crippen LogP contribution in [0.25, 0.3) is 10.9 Å². The molecule has 0 spiro atoms. The smallest absolute Gasteiger partial charge is 0.339 e. The number of hydrogen-bond acceptors (Lipinski definition) is 8. The Morgan fingerprint density at radius 1 is 1.03 bits per heavy atom. The summed E-state index contributed by atoms with van der Waals surface area (Å²) in [6.45, 7) is -0.0211. The standard InChI is InChI=1S/C20H18N4O6/c1-29-19(27)12-7-8-14(20(28)30-2)16(11-12)21-17(25)9-10-24-18(26)13-5-3-4-6-15(13)22-23-24/h3-8,11H,9-10H2,1-2H3,(H,21,25). The Morgan fingerprint density at radius 2 is 1.77 bits per heavy atom. The number of amides is 1. The van der Waals surface area contributed by atoms with E-state index in [1.165, 1.54) is 32.4 Å². The molecular weight excluding hydrogens is 392 g/mol. The van der Waals surface area contributed by atoms with E-state index in [4.69, 9.17) is 4.74 Å². The van der Waals surface area contributed by atoms with Crippen molar-refractivity contribution in [3.8, 4) is 0 Å². The lowest BCUT2D eigenvalue weighted by Crippen LogP contribution is -2.27. The highest BCUT2D eigenvalue weighted by atomic mass is 16.5. The van der Waals surface area contributed by atoms with Crippen LogP contribution in [0.5, 0.6) is 0 Å². The quantitative estimate of drug-likeness (QED) is 0.604. The van der Waals surface area contributed by atoms with Gasteiger partial charge in [-0.15, -0.1) is 5.10 Å². The minimum Gasteiger partial charge on any atom is -0.465 e. The van der Waals surface area contributed by atoms with Crippen LogP contribution in [0.15, 0.2) is 47.3 Å². The van der Waals surface area contributed by atoms with Gasteiger partial charge in [0.2, 0.25) is 5.91 Å². The summed E-state index contributed by atoms with van der Waals surface area (Å²) >= 11 is 0. The maximum atomic E-state index is 12.5. The van der Waals surface area contributed by atoms with E-state index in [0.717, 1.165) is 4.68 Å². The number of benzene rings is 2. The van der Waals surface area contributed by atoms with E-state index in [9.17, 15) is 19.2 Å². The average molecular weight is 410 g/mol. The van der Waals surface area contributed by atoms with Crippen molar-refractivity contribution >= 4 is 34.4 Å². The minimum absolute atomic E-state index is 0.0211. The van der Waals surface area contributed by atoms with Gasteiger partial charge in [-0.3, -0.25) is 9.59 Å². The van der Waals surface area contributed by atoms with E-state index >= 15 is 0 Å². The van der Waals surface area contributed by atoms with Gasteiger partial charge < -0.3 is 14.8 Å². The molecular formula is C20H18N4O6. The fourth-order valence-corrected chi connectivity index (χ4v) is 2.77. The highest BCUT2D eigenvalue weighted by Gasteiger charge is 2.17. The number of nitrogens with one attached hydrogen (secondary N) is 1. The van der Waals surface area contributed by atoms with Crippen LogP contribution in [0.1, 0.15) is 27.1 Å². The van der Waals surface area contributed by atoms with Crippen molar-refractivity contribution in [3.63, 3.8) is 0 Å². The average Bonchev–Trinajstić information content (AvgIpc) is 2.77. The van der Waals surface area contributed by atoms with Gasteiger partial charge in [-0.25, -0.2) is 14.3 Å². The van der Waals surface area contributed by atoms with Gasteiger partial charge in [0, 0.05) is 6.42 Å². The highest BCUT2D eigenvalue weighted by Crippen LogP contribution is 2.20. The topological polar surface area (TPSA) is 129 Å². The zero-order chi connectivity index (χ0) is 21.7. The maximum Gasteiger partial charge on any atom is 0.339 e. The van der Waals surface area contributed by atoms with Crippen LogP contribution in [-0.2, 0) is 20.8 Å². The second kappa shape index (κ2) is 8.95. The number of anilines is 1. The molecule has 0 aliphatic carbocycles. The van der Waals surface area contributed by atoms with Gasteiger partial charge in [0.15, 0.2) is 0 Å². The third-order valence-corrected chi connectivity index (χ3v) is 4.30. The summed E-state index contributed by atoms with van der Waals surface area (Å²) in [4.78, 5) is 48.6. The fourth-order valence-electron chi connectivity index (χ4n) is 2.77. The first-order chi connectivity index (χ1) is 14.4. The van der Waals surface area contributed by atoms with Crippen LogP contribution in [0.3, 0.4) is 0 Å². The Bertz CT molecular complexity index is 1190. The summed E-state index contributed by atoms with van der Waals surface area (Å²) in [5.74, 6) is -1.80. The molecule has 0 saturated heterocycles. The third-order valence-electron chi connectivity index (χ3n) is 4.30. The molecule has 0 unspecified atom stereocenters. The number of aryl methyl sites for hydroxylation is 1. The number of hydrogen-bond donors (Lipinski definition) is 1. The number of fused-ring (bicyclic) bond motifs is 1. The number of aromatic nitrogens is 3. The molecule has 0 radical (unpaired) electrons. The Labute approximate surface area is 170 Å². The molecule has 10 heteroatoms. The predicted molar refractivity (Wildman–Crippen MR) is 106 cm³/mol. The van der Waals surface area contributed by atoms with Crippen LogP contribution in [0.2, 0.25) is 0 Å². The van der Waals surface area contributed by atoms with Gasteiger partial charge in [0.1, 0.15) is 5.52 Å². The molecule has 0 fully saturated rings. The van der Waals surface area contributed by atoms with Crippen molar-refractivity contribution in [2.75, 3.05) is 19.5 Å². The number of methoxy groups -OCH3 is 2. The van der Waals surface area contributed by atoms with Gasteiger partial charge in [-0.05, 0) is 30.3 Å². The second-order valence-corrected chi connectivity index (χ2v) is 6.18. The number of ether oxygens (including phenoxy) is 2. The first kappa shape index (κ1) is 20.6. The maximum absolute atomic E-state index is 12.5. The molecule has 2 aromatic carbocycles. The molecule has 1 N–H and O–H groups in total. The number of nitrogens with zero attached hydrogens (tertiary/aromatic N) is 3. The molecule has 154 valence electrons. The summed E-state index contributed by atoms with van der Waals surface area (Å²) in [5.41, 5.74) is 0.409. The SMILES string of the molecule is COC(=O)c1ccc(C(=O)OC)c(NC(=O)CCn2nnc3ccccc3c2=O)c1. The summed E-state index contributed by atoms with van der Waals surface area (Å²) in [6.07, 6.45) is -0.115. The third kappa shape index (κ3) is 4.32. The van der Waals surface area contributed by atoms with E-state index < -0.39 is 17.8 Å². The minimum atomic E-state index is -0.682. The van der Waals surface area contributed by atoms with Crippen molar-refractivity contribution in [1.82, 2.24) is 15.0 Å². The Balaban J connectivity index is 1.79. The molecule has 0 aliphatic heterocycles. The molecule has 10 nitrogen and oxygen atoms in total. The number of rotatable bonds is 6. The largest absolute Gasteiger partial charge is 0.465 e. The van der Waals surface area contributed by atoms with Crippen LogP contribution in [0.4, 0.5) is 5.69 Å². The van der Waals surface area contributed by atoms with Crippen LogP contribution < -0.4 is 10.9 Å². The van der Waals surface area contributed by atoms with Crippen molar-refractivity contribution in [3.05, 3.63) is 63.9 Å². The lowest BCUT2D eigenvalue weighted by molar-refractivity contribution is -0.116. The lowest BCUT2D eigenvalue weighted by atomic mass is 10.1. The van der Waals surface area contributed by atoms with Gasteiger partial charge in [-0.2, -0.15) is 0 Å².